The van der Waals surface area contributed by atoms with Crippen molar-refractivity contribution in [1.82, 2.24) is 20.1 Å². The van der Waals surface area contributed by atoms with Crippen LogP contribution < -0.4 is 5.32 Å². The molecular weight excluding hydrogens is 300 g/mol. The molecule has 1 N–H and O–H groups in total. The van der Waals surface area contributed by atoms with E-state index in [-0.39, 0.29) is 11.9 Å². The number of rotatable bonds is 5. The quantitative estimate of drug-likeness (QED) is 0.736. The lowest BCUT2D eigenvalue weighted by Gasteiger charge is -2.18. The van der Waals surface area contributed by atoms with Crippen molar-refractivity contribution < 1.29 is 4.79 Å². The molecule has 3 aromatic rings. The van der Waals surface area contributed by atoms with E-state index in [1.165, 1.54) is 6.08 Å². The molecule has 0 aliphatic heterocycles. The van der Waals surface area contributed by atoms with Crippen LogP contribution in [0.15, 0.2) is 73.3 Å². The van der Waals surface area contributed by atoms with Crippen molar-refractivity contribution in [3.8, 4) is 0 Å². The van der Waals surface area contributed by atoms with Gasteiger partial charge in [0.15, 0.2) is 0 Å². The van der Waals surface area contributed by atoms with Crippen molar-refractivity contribution in [1.29, 1.82) is 0 Å². The first-order valence-electron chi connectivity index (χ1n) is 7.64. The molecule has 0 aliphatic rings. The van der Waals surface area contributed by atoms with Crippen LogP contribution in [0.25, 0.3) is 6.08 Å². The van der Waals surface area contributed by atoms with Crippen molar-refractivity contribution in [2.45, 2.75) is 6.04 Å². The third-order valence-corrected chi connectivity index (χ3v) is 3.61. The fraction of sp³-hybridized carbons (Fsp3) is 0.105. The van der Waals surface area contributed by atoms with E-state index < -0.39 is 0 Å². The summed E-state index contributed by atoms with van der Waals surface area (Å²) in [5, 5.41) is 7.12. The zero-order valence-electron chi connectivity index (χ0n) is 13.3. The van der Waals surface area contributed by atoms with Crippen molar-refractivity contribution >= 4 is 12.0 Å². The van der Waals surface area contributed by atoms with Gasteiger partial charge in [0.25, 0.3) is 0 Å². The highest BCUT2D eigenvalue weighted by Gasteiger charge is 2.15. The van der Waals surface area contributed by atoms with Gasteiger partial charge in [-0.3, -0.25) is 14.5 Å². The maximum absolute atomic E-state index is 12.3. The van der Waals surface area contributed by atoms with Crippen LogP contribution in [0.1, 0.15) is 22.7 Å². The summed E-state index contributed by atoms with van der Waals surface area (Å²) < 4.78 is 1.70. The largest absolute Gasteiger partial charge is 0.342 e. The first-order valence-corrected chi connectivity index (χ1v) is 7.64. The number of hydrogen-bond donors (Lipinski definition) is 1. The molecular formula is C19H18N4O. The van der Waals surface area contributed by atoms with Gasteiger partial charge in [-0.2, -0.15) is 5.10 Å². The molecule has 0 unspecified atom stereocenters. The normalized spacial score (nSPS) is 12.2. The van der Waals surface area contributed by atoms with Gasteiger partial charge in [0.05, 0.1) is 12.2 Å². The Balaban J connectivity index is 1.79. The van der Waals surface area contributed by atoms with Crippen LogP contribution in [0.5, 0.6) is 0 Å². The zero-order valence-corrected chi connectivity index (χ0v) is 13.3. The molecule has 0 radical (unpaired) electrons. The Morgan fingerprint density at radius 3 is 2.50 bits per heavy atom. The second-order valence-electron chi connectivity index (χ2n) is 5.41. The van der Waals surface area contributed by atoms with Crippen LogP contribution in [-0.4, -0.2) is 20.7 Å². The number of nitrogens with one attached hydrogen (secondary N) is 1. The molecule has 0 saturated heterocycles. The van der Waals surface area contributed by atoms with E-state index in [4.69, 9.17) is 0 Å². The molecule has 120 valence electrons. The number of pyridine rings is 1. The smallest absolute Gasteiger partial charge is 0.244 e. The van der Waals surface area contributed by atoms with E-state index in [0.29, 0.717) is 0 Å². The first kappa shape index (κ1) is 15.7. The van der Waals surface area contributed by atoms with E-state index in [9.17, 15) is 4.79 Å². The van der Waals surface area contributed by atoms with Crippen LogP contribution in [0.3, 0.4) is 0 Å². The van der Waals surface area contributed by atoms with Gasteiger partial charge < -0.3 is 5.32 Å². The number of hydrogen-bond acceptors (Lipinski definition) is 3. The van der Waals surface area contributed by atoms with E-state index in [1.54, 1.807) is 29.3 Å². The molecule has 0 saturated carbocycles. The molecule has 0 aliphatic carbocycles. The molecule has 1 aromatic carbocycles. The molecule has 5 nitrogen and oxygen atoms in total. The van der Waals surface area contributed by atoms with Gasteiger partial charge in [-0.25, -0.2) is 0 Å². The van der Waals surface area contributed by atoms with Crippen molar-refractivity contribution in [3.63, 3.8) is 0 Å². The standard InChI is InChI=1S/C19H18N4O/c1-23-14-15(13-21-23)7-8-18(24)22-19(16-5-3-2-4-6-16)17-9-11-20-12-10-17/h2-14,19H,1H3,(H,22,24)/b8-7+/t19-/m1/s1. The van der Waals surface area contributed by atoms with Gasteiger partial charge in [-0.15, -0.1) is 0 Å². The maximum Gasteiger partial charge on any atom is 0.244 e. The van der Waals surface area contributed by atoms with E-state index in [0.717, 1.165) is 16.7 Å². The molecule has 2 heterocycles. The van der Waals surface area contributed by atoms with E-state index in [2.05, 4.69) is 15.4 Å². The summed E-state index contributed by atoms with van der Waals surface area (Å²) in [4.78, 5) is 16.4. The van der Waals surface area contributed by atoms with E-state index in [1.807, 2.05) is 55.7 Å². The van der Waals surface area contributed by atoms with Crippen LogP contribution in [0, 0.1) is 0 Å². The summed E-state index contributed by atoms with van der Waals surface area (Å²) in [5.41, 5.74) is 2.89. The Labute approximate surface area is 140 Å². The van der Waals surface area contributed by atoms with Gasteiger partial charge >= 0.3 is 0 Å². The Kier molecular flexibility index (Phi) is 4.81. The Bertz CT molecular complexity index is 785. The van der Waals surface area contributed by atoms with Crippen molar-refractivity contribution in [2.24, 2.45) is 7.05 Å². The molecule has 3 rings (SSSR count). The van der Waals surface area contributed by atoms with Crippen LogP contribution in [0.2, 0.25) is 0 Å². The average molecular weight is 318 g/mol. The minimum atomic E-state index is -0.222. The van der Waals surface area contributed by atoms with Gasteiger partial charge in [0, 0.05) is 37.3 Å². The van der Waals surface area contributed by atoms with Crippen molar-refractivity contribution in [2.75, 3.05) is 0 Å². The Morgan fingerprint density at radius 2 is 1.83 bits per heavy atom. The number of amides is 1. The fourth-order valence-electron chi connectivity index (χ4n) is 2.45. The highest BCUT2D eigenvalue weighted by atomic mass is 16.1. The number of carbonyl (C=O) groups excluding carboxylic acids is 1. The van der Waals surface area contributed by atoms with Gasteiger partial charge in [-0.1, -0.05) is 30.3 Å². The van der Waals surface area contributed by atoms with Crippen LogP contribution >= 0.6 is 0 Å². The molecule has 24 heavy (non-hydrogen) atoms. The molecule has 0 spiro atoms. The number of aryl methyl sites for hydroxylation is 1. The molecule has 1 amide bonds. The third-order valence-electron chi connectivity index (χ3n) is 3.61. The molecule has 0 fully saturated rings. The monoisotopic (exact) mass is 318 g/mol. The predicted molar refractivity (Wildman–Crippen MR) is 92.9 cm³/mol. The third kappa shape index (κ3) is 3.95. The second kappa shape index (κ2) is 7.37. The van der Waals surface area contributed by atoms with Gasteiger partial charge in [-0.05, 0) is 29.3 Å². The number of benzene rings is 1. The van der Waals surface area contributed by atoms with Crippen LogP contribution in [0.4, 0.5) is 0 Å². The Hall–Kier alpha value is -3.21. The van der Waals surface area contributed by atoms with Gasteiger partial charge in [0.2, 0.25) is 5.91 Å². The van der Waals surface area contributed by atoms with E-state index >= 15 is 0 Å². The second-order valence-corrected chi connectivity index (χ2v) is 5.41. The molecule has 5 heteroatoms. The maximum atomic E-state index is 12.3. The zero-order chi connectivity index (χ0) is 16.8. The van der Waals surface area contributed by atoms with Gasteiger partial charge in [0.1, 0.15) is 0 Å². The summed E-state index contributed by atoms with van der Waals surface area (Å²) >= 11 is 0. The predicted octanol–water partition coefficient (Wildman–Crippen LogP) is 2.73. The summed E-state index contributed by atoms with van der Waals surface area (Å²) in [6, 6.07) is 13.5. The molecule has 1 atom stereocenters. The minimum Gasteiger partial charge on any atom is -0.342 e. The highest BCUT2D eigenvalue weighted by molar-refractivity contribution is 5.92. The lowest BCUT2D eigenvalue weighted by molar-refractivity contribution is -0.116. The number of aromatic nitrogens is 3. The first-order chi connectivity index (χ1) is 11.7. The summed E-state index contributed by atoms with van der Waals surface area (Å²) in [6.45, 7) is 0. The summed E-state index contributed by atoms with van der Waals surface area (Å²) in [7, 11) is 1.84. The molecule has 2 aromatic heterocycles. The topological polar surface area (TPSA) is 59.8 Å². The lowest BCUT2D eigenvalue weighted by atomic mass is 9.99. The minimum absolute atomic E-state index is 0.162. The average Bonchev–Trinajstić information content (AvgIpc) is 3.05. The summed E-state index contributed by atoms with van der Waals surface area (Å²) in [6.07, 6.45) is 10.3. The highest BCUT2D eigenvalue weighted by Crippen LogP contribution is 2.21. The number of carbonyl (C=O) groups is 1. The lowest BCUT2D eigenvalue weighted by Crippen LogP contribution is -2.27. The van der Waals surface area contributed by atoms with Crippen LogP contribution in [-0.2, 0) is 11.8 Å². The van der Waals surface area contributed by atoms with Crippen molar-refractivity contribution in [3.05, 3.63) is 90.0 Å². The number of nitrogens with zero attached hydrogens (tertiary/aromatic N) is 3. The summed E-state index contributed by atoms with van der Waals surface area (Å²) in [5.74, 6) is -0.162. The fourth-order valence-corrected chi connectivity index (χ4v) is 2.45. The molecule has 0 bridgehead atoms. The SMILES string of the molecule is Cn1cc(/C=C/C(=O)N[C@H](c2ccccc2)c2ccncc2)cn1. The Morgan fingerprint density at radius 1 is 1.12 bits per heavy atom.